The third-order valence-electron chi connectivity index (χ3n) is 3.22. The lowest BCUT2D eigenvalue weighted by Crippen LogP contribution is -2.30. The summed E-state index contributed by atoms with van der Waals surface area (Å²) in [6.07, 6.45) is 0. The van der Waals surface area contributed by atoms with Gasteiger partial charge in [0.1, 0.15) is 10.6 Å². The number of amides is 1. The zero-order valence-electron chi connectivity index (χ0n) is 14.4. The Balaban J connectivity index is 2.38. The smallest absolute Gasteiger partial charge is 0.255 e. The van der Waals surface area contributed by atoms with E-state index in [1.165, 1.54) is 18.2 Å². The van der Waals surface area contributed by atoms with Crippen molar-refractivity contribution in [2.75, 3.05) is 11.9 Å². The number of hydrogen-bond acceptors (Lipinski definition) is 4. The normalized spacial score (nSPS) is 11.4. The van der Waals surface area contributed by atoms with Gasteiger partial charge in [-0.05, 0) is 51.1 Å². The van der Waals surface area contributed by atoms with Crippen LogP contribution >= 0.6 is 0 Å². The highest BCUT2D eigenvalue weighted by atomic mass is 32.2. The Hall–Kier alpha value is -2.38. The number of para-hydroxylation sites is 1. The quantitative estimate of drug-likeness (QED) is 0.793. The SMILES string of the molecule is CCOc1ccc(C(=O)Nc2ccccc2)cc1S(=O)(=O)NC(C)C. The third kappa shape index (κ3) is 5.04. The second kappa shape index (κ2) is 8.13. The molecule has 0 aliphatic rings. The second-order valence-corrected chi connectivity index (χ2v) is 7.37. The fraction of sp³-hybridized carbons (Fsp3) is 0.278. The number of rotatable bonds is 7. The summed E-state index contributed by atoms with van der Waals surface area (Å²) >= 11 is 0. The Kier molecular flexibility index (Phi) is 6.17. The van der Waals surface area contributed by atoms with Gasteiger partial charge in [0.15, 0.2) is 0 Å². The molecule has 0 bridgehead atoms. The number of anilines is 1. The first-order valence-electron chi connectivity index (χ1n) is 7.99. The maximum absolute atomic E-state index is 12.5. The van der Waals surface area contributed by atoms with E-state index in [0.717, 1.165) is 0 Å². The van der Waals surface area contributed by atoms with E-state index in [0.29, 0.717) is 12.3 Å². The molecule has 0 aliphatic heterocycles. The zero-order chi connectivity index (χ0) is 18.4. The van der Waals surface area contributed by atoms with Gasteiger partial charge in [-0.1, -0.05) is 18.2 Å². The van der Waals surface area contributed by atoms with Crippen molar-refractivity contribution in [1.82, 2.24) is 4.72 Å². The molecule has 0 saturated heterocycles. The van der Waals surface area contributed by atoms with E-state index in [4.69, 9.17) is 4.74 Å². The number of sulfonamides is 1. The van der Waals surface area contributed by atoms with Crippen molar-refractivity contribution >= 4 is 21.6 Å². The third-order valence-corrected chi connectivity index (χ3v) is 4.90. The van der Waals surface area contributed by atoms with Crippen LogP contribution in [-0.2, 0) is 10.0 Å². The molecule has 6 nitrogen and oxygen atoms in total. The average Bonchev–Trinajstić information content (AvgIpc) is 2.55. The van der Waals surface area contributed by atoms with Crippen LogP contribution in [0.25, 0.3) is 0 Å². The second-order valence-electron chi connectivity index (χ2n) is 5.69. The Morgan fingerprint density at radius 3 is 2.40 bits per heavy atom. The van der Waals surface area contributed by atoms with Gasteiger partial charge >= 0.3 is 0 Å². The standard InChI is InChI=1S/C18H22N2O4S/c1-4-24-16-11-10-14(12-17(16)25(22,23)20-13(2)3)18(21)19-15-8-6-5-7-9-15/h5-13,20H,4H2,1-3H3,(H,19,21). The minimum Gasteiger partial charge on any atom is -0.492 e. The fourth-order valence-electron chi connectivity index (χ4n) is 2.23. The zero-order valence-corrected chi connectivity index (χ0v) is 15.3. The molecule has 0 aliphatic carbocycles. The van der Waals surface area contributed by atoms with Gasteiger partial charge in [0, 0.05) is 17.3 Å². The van der Waals surface area contributed by atoms with Gasteiger partial charge in [0.2, 0.25) is 10.0 Å². The molecular weight excluding hydrogens is 340 g/mol. The molecule has 2 aromatic rings. The summed E-state index contributed by atoms with van der Waals surface area (Å²) in [5.74, 6) is -0.179. The summed E-state index contributed by atoms with van der Waals surface area (Å²) in [5, 5.41) is 2.73. The largest absolute Gasteiger partial charge is 0.492 e. The minimum atomic E-state index is -3.80. The predicted molar refractivity (Wildman–Crippen MR) is 97.5 cm³/mol. The number of nitrogens with one attached hydrogen (secondary N) is 2. The van der Waals surface area contributed by atoms with Crippen molar-refractivity contribution in [2.24, 2.45) is 0 Å². The van der Waals surface area contributed by atoms with E-state index < -0.39 is 15.9 Å². The molecule has 0 radical (unpaired) electrons. The van der Waals surface area contributed by atoms with Crippen LogP contribution in [0.1, 0.15) is 31.1 Å². The summed E-state index contributed by atoms with van der Waals surface area (Å²) in [4.78, 5) is 12.4. The van der Waals surface area contributed by atoms with Gasteiger partial charge < -0.3 is 10.1 Å². The molecule has 0 saturated carbocycles. The molecule has 0 fully saturated rings. The molecule has 0 aromatic heterocycles. The molecule has 2 N–H and O–H groups in total. The highest BCUT2D eigenvalue weighted by Gasteiger charge is 2.22. The molecule has 7 heteroatoms. The van der Waals surface area contributed by atoms with Crippen molar-refractivity contribution in [3.8, 4) is 5.75 Å². The predicted octanol–water partition coefficient (Wildman–Crippen LogP) is 3.02. The monoisotopic (exact) mass is 362 g/mol. The highest BCUT2D eigenvalue weighted by molar-refractivity contribution is 7.89. The molecule has 134 valence electrons. The summed E-state index contributed by atoms with van der Waals surface area (Å²) in [6.45, 7) is 5.54. The van der Waals surface area contributed by atoms with Gasteiger partial charge in [-0.15, -0.1) is 0 Å². The summed E-state index contributed by atoms with van der Waals surface area (Å²) in [7, 11) is -3.80. The first-order chi connectivity index (χ1) is 11.8. The van der Waals surface area contributed by atoms with E-state index in [2.05, 4.69) is 10.0 Å². The summed E-state index contributed by atoms with van der Waals surface area (Å²) < 4.78 is 33.0. The van der Waals surface area contributed by atoms with Gasteiger partial charge in [-0.25, -0.2) is 13.1 Å². The van der Waals surface area contributed by atoms with Crippen LogP contribution in [0.2, 0.25) is 0 Å². The van der Waals surface area contributed by atoms with Crippen LogP contribution in [0.3, 0.4) is 0 Å². The maximum atomic E-state index is 12.5. The van der Waals surface area contributed by atoms with E-state index >= 15 is 0 Å². The maximum Gasteiger partial charge on any atom is 0.255 e. The number of carbonyl (C=O) groups excluding carboxylic acids is 1. The van der Waals surface area contributed by atoms with Crippen LogP contribution in [0.5, 0.6) is 5.75 Å². The Labute approximate surface area is 148 Å². The fourth-order valence-corrected chi connectivity index (χ4v) is 3.65. The number of ether oxygens (including phenoxy) is 1. The first-order valence-corrected chi connectivity index (χ1v) is 9.47. The van der Waals surface area contributed by atoms with Gasteiger partial charge in [0.05, 0.1) is 6.61 Å². The Morgan fingerprint density at radius 1 is 1.12 bits per heavy atom. The number of benzene rings is 2. The van der Waals surface area contributed by atoms with Crippen molar-refractivity contribution < 1.29 is 17.9 Å². The number of carbonyl (C=O) groups is 1. The summed E-state index contributed by atoms with van der Waals surface area (Å²) in [6, 6.07) is 13.0. The lowest BCUT2D eigenvalue weighted by atomic mass is 10.2. The van der Waals surface area contributed by atoms with Crippen molar-refractivity contribution in [2.45, 2.75) is 31.7 Å². The van der Waals surface area contributed by atoms with Crippen LogP contribution in [0, 0.1) is 0 Å². The molecule has 0 unspecified atom stereocenters. The molecule has 25 heavy (non-hydrogen) atoms. The summed E-state index contributed by atoms with van der Waals surface area (Å²) in [5.41, 5.74) is 0.863. The van der Waals surface area contributed by atoms with E-state index in [9.17, 15) is 13.2 Å². The van der Waals surface area contributed by atoms with Crippen molar-refractivity contribution in [3.63, 3.8) is 0 Å². The Bertz CT molecular complexity index is 833. The molecule has 0 heterocycles. The lowest BCUT2D eigenvalue weighted by Gasteiger charge is -2.15. The molecular formula is C18H22N2O4S. The van der Waals surface area contributed by atoms with E-state index in [1.54, 1.807) is 45.0 Å². The number of hydrogen-bond donors (Lipinski definition) is 2. The van der Waals surface area contributed by atoms with Crippen molar-refractivity contribution in [3.05, 3.63) is 54.1 Å². The molecule has 2 aromatic carbocycles. The van der Waals surface area contributed by atoms with E-state index in [-0.39, 0.29) is 22.3 Å². The van der Waals surface area contributed by atoms with Crippen LogP contribution < -0.4 is 14.8 Å². The molecule has 0 spiro atoms. The molecule has 2 rings (SSSR count). The van der Waals surface area contributed by atoms with E-state index in [1.807, 2.05) is 6.07 Å². The highest BCUT2D eigenvalue weighted by Crippen LogP contribution is 2.26. The molecule has 0 atom stereocenters. The van der Waals surface area contributed by atoms with Gasteiger partial charge in [-0.3, -0.25) is 4.79 Å². The van der Waals surface area contributed by atoms with Crippen LogP contribution in [-0.4, -0.2) is 27.0 Å². The average molecular weight is 362 g/mol. The molecule has 1 amide bonds. The lowest BCUT2D eigenvalue weighted by molar-refractivity contribution is 0.102. The van der Waals surface area contributed by atoms with Gasteiger partial charge in [-0.2, -0.15) is 0 Å². The minimum absolute atomic E-state index is 0.0521. The first kappa shape index (κ1) is 19.0. The Morgan fingerprint density at radius 2 is 1.80 bits per heavy atom. The van der Waals surface area contributed by atoms with Crippen molar-refractivity contribution in [1.29, 1.82) is 0 Å². The van der Waals surface area contributed by atoms with Gasteiger partial charge in [0.25, 0.3) is 5.91 Å². The van der Waals surface area contributed by atoms with Crippen LogP contribution in [0.15, 0.2) is 53.4 Å². The van der Waals surface area contributed by atoms with Crippen LogP contribution in [0.4, 0.5) is 5.69 Å². The topological polar surface area (TPSA) is 84.5 Å².